The van der Waals surface area contributed by atoms with Gasteiger partial charge in [-0.2, -0.15) is 0 Å². The molecule has 52 heavy (non-hydrogen) atoms. The van der Waals surface area contributed by atoms with Gasteiger partial charge in [0.15, 0.2) is 0 Å². The molecule has 10 aromatic rings. The van der Waals surface area contributed by atoms with Crippen molar-refractivity contribution in [3.05, 3.63) is 181 Å². The third-order valence-corrected chi connectivity index (χ3v) is 12.8. The SMILES string of the molecule is CC1(C)c2ccc(-c3cccc(-c4c5ccccc5c(-c5ccccc5)c5ccccc45)c3)cc2-c2c1ccc1c2ccc2sc3ccccc3c21. The third kappa shape index (κ3) is 4.15. The van der Waals surface area contributed by atoms with Crippen molar-refractivity contribution < 1.29 is 0 Å². The molecule has 0 fully saturated rings. The molecule has 1 aliphatic carbocycles. The summed E-state index contributed by atoms with van der Waals surface area (Å²) in [7, 11) is 0. The molecule has 9 aromatic carbocycles. The highest BCUT2D eigenvalue weighted by Crippen LogP contribution is 2.54. The van der Waals surface area contributed by atoms with Gasteiger partial charge in [0, 0.05) is 25.6 Å². The summed E-state index contributed by atoms with van der Waals surface area (Å²) in [6, 6.07) is 63.4. The lowest BCUT2D eigenvalue weighted by Gasteiger charge is -2.22. The molecule has 0 unspecified atom stereocenters. The van der Waals surface area contributed by atoms with E-state index in [1.54, 1.807) is 0 Å². The normalized spacial score (nSPS) is 13.3. The molecule has 11 rings (SSSR count). The lowest BCUT2D eigenvalue weighted by atomic mass is 9.81. The van der Waals surface area contributed by atoms with E-state index in [2.05, 4.69) is 184 Å². The molecular weight excluding hydrogens is 645 g/mol. The molecule has 0 radical (unpaired) electrons. The van der Waals surface area contributed by atoms with E-state index in [4.69, 9.17) is 0 Å². The first kappa shape index (κ1) is 29.7. The summed E-state index contributed by atoms with van der Waals surface area (Å²) in [6.45, 7) is 4.77. The summed E-state index contributed by atoms with van der Waals surface area (Å²) in [5.41, 5.74) is 13.0. The Morgan fingerprint density at radius 1 is 0.346 bits per heavy atom. The molecule has 1 aromatic heterocycles. The van der Waals surface area contributed by atoms with Crippen molar-refractivity contribution in [1.82, 2.24) is 0 Å². The predicted molar refractivity (Wildman–Crippen MR) is 226 cm³/mol. The Bertz CT molecular complexity index is 3030. The Hall–Kier alpha value is -6.02. The van der Waals surface area contributed by atoms with Crippen molar-refractivity contribution in [1.29, 1.82) is 0 Å². The summed E-state index contributed by atoms with van der Waals surface area (Å²) in [5, 5.41) is 10.6. The van der Waals surface area contributed by atoms with E-state index in [9.17, 15) is 0 Å². The summed E-state index contributed by atoms with van der Waals surface area (Å²) in [5.74, 6) is 0. The molecular formula is C51H34S. The fourth-order valence-electron chi connectivity index (χ4n) is 9.27. The first-order chi connectivity index (χ1) is 25.6. The van der Waals surface area contributed by atoms with Gasteiger partial charge in [0.25, 0.3) is 0 Å². The van der Waals surface area contributed by atoms with Gasteiger partial charge in [0.2, 0.25) is 0 Å². The van der Waals surface area contributed by atoms with Crippen LogP contribution in [-0.4, -0.2) is 0 Å². The molecule has 0 nitrogen and oxygen atoms in total. The van der Waals surface area contributed by atoms with E-state index in [1.165, 1.54) is 108 Å². The maximum atomic E-state index is 2.46. The summed E-state index contributed by atoms with van der Waals surface area (Å²) >= 11 is 1.90. The zero-order valence-corrected chi connectivity index (χ0v) is 29.9. The van der Waals surface area contributed by atoms with Gasteiger partial charge in [-0.3, -0.25) is 0 Å². The Morgan fingerprint density at radius 3 is 1.62 bits per heavy atom. The first-order valence-electron chi connectivity index (χ1n) is 18.2. The van der Waals surface area contributed by atoms with Crippen LogP contribution in [-0.2, 0) is 5.41 Å². The molecule has 0 bridgehead atoms. The first-order valence-corrected chi connectivity index (χ1v) is 19.0. The molecule has 1 heterocycles. The van der Waals surface area contributed by atoms with Gasteiger partial charge >= 0.3 is 0 Å². The van der Waals surface area contributed by atoms with E-state index in [-0.39, 0.29) is 5.41 Å². The van der Waals surface area contributed by atoms with Crippen molar-refractivity contribution >= 4 is 63.8 Å². The van der Waals surface area contributed by atoms with Crippen LogP contribution in [0.5, 0.6) is 0 Å². The predicted octanol–water partition coefficient (Wildman–Crippen LogP) is 14.8. The van der Waals surface area contributed by atoms with Crippen LogP contribution < -0.4 is 0 Å². The fourth-order valence-corrected chi connectivity index (χ4v) is 10.4. The highest BCUT2D eigenvalue weighted by Gasteiger charge is 2.37. The van der Waals surface area contributed by atoms with Crippen molar-refractivity contribution in [3.63, 3.8) is 0 Å². The summed E-state index contributed by atoms with van der Waals surface area (Å²) in [4.78, 5) is 0. The van der Waals surface area contributed by atoms with Gasteiger partial charge in [0.1, 0.15) is 0 Å². The van der Waals surface area contributed by atoms with Crippen LogP contribution in [0.4, 0.5) is 0 Å². The zero-order valence-electron chi connectivity index (χ0n) is 29.1. The monoisotopic (exact) mass is 678 g/mol. The van der Waals surface area contributed by atoms with Gasteiger partial charge < -0.3 is 0 Å². The highest BCUT2D eigenvalue weighted by atomic mass is 32.1. The van der Waals surface area contributed by atoms with E-state index >= 15 is 0 Å². The minimum atomic E-state index is -0.0801. The number of thiophene rings is 1. The maximum absolute atomic E-state index is 2.46. The van der Waals surface area contributed by atoms with Gasteiger partial charge in [-0.05, 0) is 112 Å². The van der Waals surface area contributed by atoms with E-state index in [1.807, 2.05) is 11.3 Å². The van der Waals surface area contributed by atoms with Crippen molar-refractivity contribution in [2.75, 3.05) is 0 Å². The Balaban J connectivity index is 1.12. The molecule has 0 atom stereocenters. The lowest BCUT2D eigenvalue weighted by Crippen LogP contribution is -2.14. The van der Waals surface area contributed by atoms with Crippen LogP contribution in [0.3, 0.4) is 0 Å². The molecule has 244 valence electrons. The van der Waals surface area contributed by atoms with Crippen molar-refractivity contribution in [2.45, 2.75) is 19.3 Å². The number of benzene rings is 9. The minimum absolute atomic E-state index is 0.0801. The maximum Gasteiger partial charge on any atom is 0.0361 e. The standard InChI is InChI=1S/C51H34S/c1-51(2)43-26-23-33(30-42(43)49-39-25-28-46-50(40(39)24-27-44(49)51)41-21-10-11-22-45(41)52-46)32-15-12-16-34(29-32)48-37-19-8-6-17-35(37)47(31-13-4-3-5-14-31)36-18-7-9-20-38(36)48/h3-30H,1-2H3. The molecule has 1 aliphatic rings. The van der Waals surface area contributed by atoms with Gasteiger partial charge in [-0.25, -0.2) is 0 Å². The molecule has 0 saturated carbocycles. The van der Waals surface area contributed by atoms with Crippen LogP contribution in [0.15, 0.2) is 170 Å². The molecule has 0 spiro atoms. The molecule has 1 heteroatoms. The molecule has 0 amide bonds. The van der Waals surface area contributed by atoms with E-state index in [0.29, 0.717) is 0 Å². The summed E-state index contributed by atoms with van der Waals surface area (Å²) < 4.78 is 2.71. The molecule has 0 N–H and O–H groups in total. The zero-order chi connectivity index (χ0) is 34.6. The number of hydrogen-bond acceptors (Lipinski definition) is 1. The largest absolute Gasteiger partial charge is 0.135 e. The molecule has 0 aliphatic heterocycles. The quantitative estimate of drug-likeness (QED) is 0.163. The third-order valence-electron chi connectivity index (χ3n) is 11.7. The highest BCUT2D eigenvalue weighted by molar-refractivity contribution is 7.26. The second kappa shape index (κ2) is 11.0. The second-order valence-electron chi connectivity index (χ2n) is 14.8. The summed E-state index contributed by atoms with van der Waals surface area (Å²) in [6.07, 6.45) is 0. The number of hydrogen-bond donors (Lipinski definition) is 0. The Labute approximate surface area is 307 Å². The average Bonchev–Trinajstić information content (AvgIpc) is 3.69. The van der Waals surface area contributed by atoms with Gasteiger partial charge in [0.05, 0.1) is 0 Å². The minimum Gasteiger partial charge on any atom is -0.135 e. The number of rotatable bonds is 3. The number of fused-ring (bicyclic) bond motifs is 11. The fraction of sp³-hybridized carbons (Fsp3) is 0.0588. The van der Waals surface area contributed by atoms with Crippen molar-refractivity contribution in [2.24, 2.45) is 0 Å². The van der Waals surface area contributed by atoms with Crippen LogP contribution in [0, 0.1) is 0 Å². The smallest absolute Gasteiger partial charge is 0.0361 e. The molecule has 0 saturated heterocycles. The van der Waals surface area contributed by atoms with Crippen LogP contribution in [0.2, 0.25) is 0 Å². The second-order valence-corrected chi connectivity index (χ2v) is 15.9. The van der Waals surface area contributed by atoms with Gasteiger partial charge in [-0.15, -0.1) is 11.3 Å². The lowest BCUT2D eigenvalue weighted by molar-refractivity contribution is 0.661. The Morgan fingerprint density at radius 2 is 0.885 bits per heavy atom. The average molecular weight is 679 g/mol. The van der Waals surface area contributed by atoms with Gasteiger partial charge in [-0.1, -0.05) is 159 Å². The van der Waals surface area contributed by atoms with E-state index in [0.717, 1.165) is 0 Å². The van der Waals surface area contributed by atoms with Crippen LogP contribution >= 0.6 is 11.3 Å². The topological polar surface area (TPSA) is 0 Å². The van der Waals surface area contributed by atoms with E-state index < -0.39 is 0 Å². The van der Waals surface area contributed by atoms with Crippen LogP contribution in [0.1, 0.15) is 25.0 Å². The Kier molecular flexibility index (Phi) is 6.27. The van der Waals surface area contributed by atoms with Crippen molar-refractivity contribution in [3.8, 4) is 44.5 Å². The van der Waals surface area contributed by atoms with Crippen LogP contribution in [0.25, 0.3) is 97.0 Å².